The van der Waals surface area contributed by atoms with Gasteiger partial charge in [0.05, 0.1) is 12.7 Å². The van der Waals surface area contributed by atoms with Crippen molar-refractivity contribution in [1.29, 1.82) is 5.41 Å². The molecule has 0 saturated carbocycles. The summed E-state index contributed by atoms with van der Waals surface area (Å²) in [5.41, 5.74) is 10.3. The van der Waals surface area contributed by atoms with E-state index in [4.69, 9.17) is 25.4 Å². The fraction of sp³-hybridized carbons (Fsp3) is 0.0833. The summed E-state index contributed by atoms with van der Waals surface area (Å²) in [6.45, 7) is 0.275. The average Bonchev–Trinajstić information content (AvgIpc) is 3.21. The minimum Gasteiger partial charge on any atom is -0.489 e. The van der Waals surface area contributed by atoms with Crippen molar-refractivity contribution < 1.29 is 19.1 Å². The van der Waals surface area contributed by atoms with Crippen molar-refractivity contribution in [2.45, 2.75) is 13.0 Å². The molecule has 0 spiro atoms. The predicted molar refractivity (Wildman–Crippen MR) is 115 cm³/mol. The maximum absolute atomic E-state index is 11.1. The van der Waals surface area contributed by atoms with Crippen LogP contribution < -0.4 is 10.5 Å². The second-order valence-electron chi connectivity index (χ2n) is 6.94. The number of fused-ring (bicyclic) bond motifs is 1. The van der Waals surface area contributed by atoms with Crippen LogP contribution in [0.25, 0.3) is 22.1 Å². The first kappa shape index (κ1) is 19.3. The lowest BCUT2D eigenvalue weighted by molar-refractivity contribution is -0.136. The standard InChI is InChI=1S/C24H20N2O4/c25-24(26)19-6-3-5-16(12-19)20-11-15(10-18-8-9-29-23(18)20)14-30-21-7-2-1-4-17(21)13-22(27)28/h1-12H,13-14H2,(H3,25,26)(H,27,28). The van der Waals surface area contributed by atoms with Gasteiger partial charge in [-0.2, -0.15) is 0 Å². The van der Waals surface area contributed by atoms with Gasteiger partial charge in [0.2, 0.25) is 0 Å². The van der Waals surface area contributed by atoms with E-state index < -0.39 is 5.97 Å². The molecule has 0 aliphatic heterocycles. The highest BCUT2D eigenvalue weighted by molar-refractivity contribution is 5.98. The Bertz CT molecular complexity index is 1240. The molecule has 0 atom stereocenters. The third-order valence-corrected chi connectivity index (χ3v) is 4.80. The second kappa shape index (κ2) is 8.13. The molecule has 0 bridgehead atoms. The summed E-state index contributed by atoms with van der Waals surface area (Å²) < 4.78 is 11.6. The lowest BCUT2D eigenvalue weighted by Crippen LogP contribution is -2.10. The molecule has 1 aromatic heterocycles. The third-order valence-electron chi connectivity index (χ3n) is 4.80. The first-order valence-corrected chi connectivity index (χ1v) is 9.39. The maximum atomic E-state index is 11.1. The fourth-order valence-corrected chi connectivity index (χ4v) is 3.41. The number of aliphatic carboxylic acids is 1. The van der Waals surface area contributed by atoms with E-state index in [1.165, 1.54) is 0 Å². The highest BCUT2D eigenvalue weighted by atomic mass is 16.5. The van der Waals surface area contributed by atoms with E-state index >= 15 is 0 Å². The molecule has 4 N–H and O–H groups in total. The van der Waals surface area contributed by atoms with Crippen molar-refractivity contribution in [3.8, 4) is 16.9 Å². The number of furan rings is 1. The highest BCUT2D eigenvalue weighted by Gasteiger charge is 2.12. The molecule has 0 aliphatic carbocycles. The lowest BCUT2D eigenvalue weighted by atomic mass is 9.98. The van der Waals surface area contributed by atoms with Crippen molar-refractivity contribution in [3.63, 3.8) is 0 Å². The van der Waals surface area contributed by atoms with Gasteiger partial charge in [-0.05, 0) is 41.5 Å². The summed E-state index contributed by atoms with van der Waals surface area (Å²) in [4.78, 5) is 11.1. The molecule has 6 heteroatoms. The van der Waals surface area contributed by atoms with E-state index in [2.05, 4.69) is 0 Å². The minimum absolute atomic E-state index is 0.00191. The van der Waals surface area contributed by atoms with Gasteiger partial charge in [-0.1, -0.05) is 36.4 Å². The minimum atomic E-state index is -0.904. The number of carbonyl (C=O) groups is 1. The van der Waals surface area contributed by atoms with Gasteiger partial charge in [-0.25, -0.2) is 0 Å². The molecule has 0 aliphatic rings. The zero-order chi connectivity index (χ0) is 21.1. The molecular weight excluding hydrogens is 380 g/mol. The van der Waals surface area contributed by atoms with Crippen LogP contribution in [0.15, 0.2) is 77.4 Å². The molecule has 4 rings (SSSR count). The summed E-state index contributed by atoms with van der Waals surface area (Å²) in [6, 6.07) is 20.4. The van der Waals surface area contributed by atoms with Gasteiger partial charge < -0.3 is 20.0 Å². The number of ether oxygens (including phenoxy) is 1. The van der Waals surface area contributed by atoms with Crippen molar-refractivity contribution >= 4 is 22.8 Å². The molecule has 1 heterocycles. The number of carboxylic acids is 1. The van der Waals surface area contributed by atoms with Gasteiger partial charge in [0, 0.05) is 22.1 Å². The topological polar surface area (TPSA) is 110 Å². The molecule has 0 radical (unpaired) electrons. The zero-order valence-electron chi connectivity index (χ0n) is 16.1. The fourth-order valence-electron chi connectivity index (χ4n) is 3.41. The SMILES string of the molecule is N=C(N)c1cccc(-c2cc(COc3ccccc3CC(=O)O)cc3ccoc23)c1. The van der Waals surface area contributed by atoms with E-state index in [0.717, 1.165) is 27.7 Å². The van der Waals surface area contributed by atoms with Crippen LogP contribution in [0.5, 0.6) is 5.75 Å². The molecule has 3 aromatic carbocycles. The van der Waals surface area contributed by atoms with E-state index in [0.29, 0.717) is 16.9 Å². The maximum Gasteiger partial charge on any atom is 0.307 e. The molecule has 0 fully saturated rings. The number of hydrogen-bond acceptors (Lipinski definition) is 4. The van der Waals surface area contributed by atoms with Gasteiger partial charge >= 0.3 is 5.97 Å². The zero-order valence-corrected chi connectivity index (χ0v) is 16.1. The summed E-state index contributed by atoms with van der Waals surface area (Å²) in [7, 11) is 0. The molecular formula is C24H20N2O4. The number of rotatable bonds is 7. The van der Waals surface area contributed by atoms with Gasteiger partial charge in [-0.15, -0.1) is 0 Å². The highest BCUT2D eigenvalue weighted by Crippen LogP contribution is 2.32. The Kier molecular flexibility index (Phi) is 5.22. The number of nitrogens with one attached hydrogen (secondary N) is 1. The quantitative estimate of drug-likeness (QED) is 0.310. The normalized spacial score (nSPS) is 10.8. The van der Waals surface area contributed by atoms with Crippen LogP contribution in [-0.2, 0) is 17.8 Å². The number of nitrogen functional groups attached to an aromatic ring is 1. The van der Waals surface area contributed by atoms with E-state index in [-0.39, 0.29) is 18.9 Å². The van der Waals surface area contributed by atoms with Gasteiger partial charge in [-0.3, -0.25) is 10.2 Å². The summed E-state index contributed by atoms with van der Waals surface area (Å²) in [5.74, 6) is -0.354. The third kappa shape index (κ3) is 4.03. The number of benzene rings is 3. The van der Waals surface area contributed by atoms with Crippen LogP contribution in [0.3, 0.4) is 0 Å². The summed E-state index contributed by atoms with van der Waals surface area (Å²) >= 11 is 0. The molecule has 30 heavy (non-hydrogen) atoms. The summed E-state index contributed by atoms with van der Waals surface area (Å²) in [5, 5.41) is 17.7. The van der Waals surface area contributed by atoms with Crippen molar-refractivity contribution in [1.82, 2.24) is 0 Å². The number of nitrogens with two attached hydrogens (primary N) is 1. The van der Waals surface area contributed by atoms with Gasteiger partial charge in [0.25, 0.3) is 0 Å². The van der Waals surface area contributed by atoms with Crippen molar-refractivity contribution in [2.75, 3.05) is 0 Å². The van der Waals surface area contributed by atoms with Crippen LogP contribution in [0.2, 0.25) is 0 Å². The molecule has 0 unspecified atom stereocenters. The molecule has 0 amide bonds. The van der Waals surface area contributed by atoms with E-state index in [9.17, 15) is 4.79 Å². The Morgan fingerprint density at radius 1 is 1.07 bits per heavy atom. The first-order valence-electron chi connectivity index (χ1n) is 9.39. The van der Waals surface area contributed by atoms with Crippen LogP contribution >= 0.6 is 0 Å². The van der Waals surface area contributed by atoms with Crippen LogP contribution in [0.4, 0.5) is 0 Å². The Morgan fingerprint density at radius 3 is 2.70 bits per heavy atom. The Balaban J connectivity index is 1.68. The number of para-hydroxylation sites is 1. The van der Waals surface area contributed by atoms with E-state index in [1.54, 1.807) is 30.5 Å². The van der Waals surface area contributed by atoms with Gasteiger partial charge in [0.1, 0.15) is 23.8 Å². The number of amidine groups is 1. The smallest absolute Gasteiger partial charge is 0.307 e. The number of hydrogen-bond donors (Lipinski definition) is 3. The predicted octanol–water partition coefficient (Wildman–Crippen LogP) is 4.59. The average molecular weight is 400 g/mol. The molecule has 0 saturated heterocycles. The molecule has 150 valence electrons. The lowest BCUT2D eigenvalue weighted by Gasteiger charge is -2.12. The Morgan fingerprint density at radius 2 is 1.90 bits per heavy atom. The summed E-state index contributed by atoms with van der Waals surface area (Å²) in [6.07, 6.45) is 1.54. The Hall–Kier alpha value is -4.06. The molecule has 6 nitrogen and oxygen atoms in total. The van der Waals surface area contributed by atoms with E-state index in [1.807, 2.05) is 42.5 Å². The Labute approximate surface area is 173 Å². The van der Waals surface area contributed by atoms with Crippen LogP contribution in [0, 0.1) is 5.41 Å². The number of carboxylic acid groups (broad SMARTS) is 1. The van der Waals surface area contributed by atoms with Crippen LogP contribution in [0.1, 0.15) is 16.7 Å². The first-order chi connectivity index (χ1) is 14.5. The monoisotopic (exact) mass is 400 g/mol. The van der Waals surface area contributed by atoms with Crippen LogP contribution in [-0.4, -0.2) is 16.9 Å². The second-order valence-corrected chi connectivity index (χ2v) is 6.94. The van der Waals surface area contributed by atoms with Gasteiger partial charge in [0.15, 0.2) is 0 Å². The van der Waals surface area contributed by atoms with Crippen molar-refractivity contribution in [3.05, 3.63) is 89.7 Å². The largest absolute Gasteiger partial charge is 0.489 e. The molecule has 4 aromatic rings. The van der Waals surface area contributed by atoms with Crippen molar-refractivity contribution in [2.24, 2.45) is 5.73 Å².